The first-order valence-corrected chi connectivity index (χ1v) is 10.9. The molecule has 160 valence electrons. The molecular formula is C20H21F3N4O2S. The molecule has 0 radical (unpaired) electrons. The van der Waals surface area contributed by atoms with Crippen molar-refractivity contribution in [2.24, 2.45) is 11.7 Å². The van der Waals surface area contributed by atoms with Gasteiger partial charge in [0.2, 0.25) is 5.43 Å². The van der Waals surface area contributed by atoms with Crippen LogP contribution in [-0.4, -0.2) is 28.1 Å². The van der Waals surface area contributed by atoms with Crippen molar-refractivity contribution in [3.63, 3.8) is 0 Å². The predicted molar refractivity (Wildman–Crippen MR) is 111 cm³/mol. The molecule has 1 saturated carbocycles. The Balaban J connectivity index is 1.83. The number of hydrogen-bond donors (Lipinski definition) is 2. The molecule has 2 aromatic heterocycles. The number of benzene rings is 1. The lowest BCUT2D eigenvalue weighted by atomic mass is 9.89. The Labute approximate surface area is 173 Å². The Morgan fingerprint density at radius 2 is 1.83 bits per heavy atom. The predicted octanol–water partition coefficient (Wildman–Crippen LogP) is 3.22. The number of H-pyrrole nitrogens is 1. The quantitative estimate of drug-likeness (QED) is 0.615. The summed E-state index contributed by atoms with van der Waals surface area (Å²) in [5, 5.41) is -0.958. The van der Waals surface area contributed by atoms with Crippen molar-refractivity contribution in [2.45, 2.75) is 44.7 Å². The second-order valence-corrected chi connectivity index (χ2v) is 9.02. The number of halogens is 3. The fraction of sp³-hybridized carbons (Fsp3) is 0.500. The van der Waals surface area contributed by atoms with Crippen LogP contribution in [0.25, 0.3) is 21.1 Å². The molecule has 0 bridgehead atoms. The van der Waals surface area contributed by atoms with Crippen molar-refractivity contribution in [1.29, 1.82) is 0 Å². The van der Waals surface area contributed by atoms with Crippen molar-refractivity contribution < 1.29 is 13.2 Å². The number of nitrogens with two attached hydrogens (primary N) is 1. The topological polar surface area (TPSA) is 84.1 Å². The smallest absolute Gasteiger partial charge is 0.271 e. The summed E-state index contributed by atoms with van der Waals surface area (Å²) in [4.78, 5) is 26.7. The van der Waals surface area contributed by atoms with Gasteiger partial charge in [-0.2, -0.15) is 0 Å². The maximum absolute atomic E-state index is 15.8. The van der Waals surface area contributed by atoms with Crippen LogP contribution in [0.3, 0.4) is 0 Å². The van der Waals surface area contributed by atoms with Crippen molar-refractivity contribution >= 4 is 38.3 Å². The van der Waals surface area contributed by atoms with Gasteiger partial charge in [0, 0.05) is 25.2 Å². The minimum Gasteiger partial charge on any atom is -0.365 e. The van der Waals surface area contributed by atoms with Crippen molar-refractivity contribution in [3.05, 3.63) is 38.0 Å². The molecule has 2 aliphatic rings. The summed E-state index contributed by atoms with van der Waals surface area (Å²) >= 11 is 0.911. The SMILES string of the molecule is CC[C@@H]1CCN(c2c(F)c(F)c3c(=O)c4c(=O)[nH]sc4n(C4CC4)c3c2F)C[C@H]1N. The summed E-state index contributed by atoms with van der Waals surface area (Å²) in [6.45, 7) is 2.56. The number of fused-ring (bicyclic) bond motifs is 2. The summed E-state index contributed by atoms with van der Waals surface area (Å²) in [6.07, 6.45) is 2.92. The fourth-order valence-corrected chi connectivity index (χ4v) is 5.58. The zero-order valence-corrected chi connectivity index (χ0v) is 17.1. The lowest BCUT2D eigenvalue weighted by Gasteiger charge is -2.38. The van der Waals surface area contributed by atoms with Crippen LogP contribution in [0.15, 0.2) is 9.59 Å². The molecule has 1 aliphatic carbocycles. The van der Waals surface area contributed by atoms with E-state index in [4.69, 9.17) is 5.73 Å². The van der Waals surface area contributed by atoms with Crippen LogP contribution in [0, 0.1) is 23.4 Å². The van der Waals surface area contributed by atoms with Gasteiger partial charge in [0.1, 0.15) is 15.9 Å². The highest BCUT2D eigenvalue weighted by atomic mass is 32.1. The molecule has 10 heteroatoms. The van der Waals surface area contributed by atoms with Crippen LogP contribution in [0.4, 0.5) is 18.9 Å². The highest BCUT2D eigenvalue weighted by molar-refractivity contribution is 7.12. The summed E-state index contributed by atoms with van der Waals surface area (Å²) in [6, 6.07) is -0.452. The average molecular weight is 438 g/mol. The average Bonchev–Trinajstić information content (AvgIpc) is 3.48. The number of pyridine rings is 1. The van der Waals surface area contributed by atoms with Gasteiger partial charge in [-0.15, -0.1) is 0 Å². The standard InChI is InChI=1S/C20H21F3N4O2S/c1-2-8-5-6-26(7-10(8)24)17-14(22)13(21)11-16(15(17)23)27(9-3-4-9)20-12(18(11)28)19(29)25-30-20/h8-10H,2-7,24H2,1H3,(H,25,29)/t8-,10-/m1/s1. The Hall–Kier alpha value is -2.33. The normalized spacial score (nSPS) is 22.4. The number of piperidine rings is 1. The minimum atomic E-state index is -1.42. The largest absolute Gasteiger partial charge is 0.365 e. The van der Waals surface area contributed by atoms with Gasteiger partial charge < -0.3 is 15.2 Å². The molecule has 2 atom stereocenters. The zero-order chi connectivity index (χ0) is 21.3. The van der Waals surface area contributed by atoms with Crippen LogP contribution in [0.2, 0.25) is 0 Å². The summed E-state index contributed by atoms with van der Waals surface area (Å²) in [5.74, 6) is -3.57. The van der Waals surface area contributed by atoms with E-state index in [-0.39, 0.29) is 40.3 Å². The molecule has 3 heterocycles. The third-order valence-electron chi connectivity index (χ3n) is 6.43. The number of hydrogen-bond acceptors (Lipinski definition) is 5. The van der Waals surface area contributed by atoms with Gasteiger partial charge in [0.25, 0.3) is 5.56 Å². The van der Waals surface area contributed by atoms with Gasteiger partial charge in [0.15, 0.2) is 17.5 Å². The Kier molecular flexibility index (Phi) is 4.48. The highest BCUT2D eigenvalue weighted by Gasteiger charge is 2.36. The second kappa shape index (κ2) is 6.84. The van der Waals surface area contributed by atoms with E-state index in [1.54, 1.807) is 0 Å². The van der Waals surface area contributed by atoms with Crippen LogP contribution < -0.4 is 21.6 Å². The molecule has 2 fully saturated rings. The van der Waals surface area contributed by atoms with E-state index in [1.807, 2.05) is 6.92 Å². The van der Waals surface area contributed by atoms with Gasteiger partial charge >= 0.3 is 0 Å². The zero-order valence-electron chi connectivity index (χ0n) is 16.3. The molecule has 6 nitrogen and oxygen atoms in total. The second-order valence-electron chi connectivity index (χ2n) is 8.22. The van der Waals surface area contributed by atoms with E-state index in [1.165, 1.54) is 9.47 Å². The van der Waals surface area contributed by atoms with E-state index in [9.17, 15) is 9.59 Å². The Bertz CT molecular complexity index is 1290. The Morgan fingerprint density at radius 3 is 2.47 bits per heavy atom. The number of aromatic nitrogens is 2. The minimum absolute atomic E-state index is 0.164. The van der Waals surface area contributed by atoms with Crippen molar-refractivity contribution in [3.8, 4) is 0 Å². The van der Waals surface area contributed by atoms with E-state index in [2.05, 4.69) is 4.37 Å². The molecule has 1 saturated heterocycles. The van der Waals surface area contributed by atoms with Crippen molar-refractivity contribution in [2.75, 3.05) is 18.0 Å². The van der Waals surface area contributed by atoms with E-state index in [0.29, 0.717) is 25.8 Å². The van der Waals surface area contributed by atoms with E-state index < -0.39 is 39.5 Å². The van der Waals surface area contributed by atoms with Crippen LogP contribution in [-0.2, 0) is 0 Å². The number of anilines is 1. The molecule has 1 aromatic carbocycles. The molecule has 30 heavy (non-hydrogen) atoms. The molecule has 0 unspecified atom stereocenters. The molecule has 3 N–H and O–H groups in total. The number of nitrogens with zero attached hydrogens (tertiary/aromatic N) is 2. The van der Waals surface area contributed by atoms with Crippen molar-refractivity contribution in [1.82, 2.24) is 8.94 Å². The summed E-state index contributed by atoms with van der Waals surface area (Å²) in [5.41, 5.74) is 3.77. The third kappa shape index (κ3) is 2.66. The van der Waals surface area contributed by atoms with Gasteiger partial charge in [0.05, 0.1) is 10.9 Å². The van der Waals surface area contributed by atoms with E-state index >= 15 is 13.2 Å². The summed E-state index contributed by atoms with van der Waals surface area (Å²) < 4.78 is 50.1. The first-order valence-electron chi connectivity index (χ1n) is 10.1. The third-order valence-corrected chi connectivity index (χ3v) is 7.31. The molecular weight excluding hydrogens is 417 g/mol. The molecule has 0 amide bonds. The monoisotopic (exact) mass is 438 g/mol. The van der Waals surface area contributed by atoms with Gasteiger partial charge in [-0.05, 0) is 36.7 Å². The first kappa shape index (κ1) is 19.6. The first-order chi connectivity index (χ1) is 14.3. The lowest BCUT2D eigenvalue weighted by Crippen LogP contribution is -2.49. The molecule has 5 rings (SSSR count). The van der Waals surface area contributed by atoms with Gasteiger partial charge in [-0.25, -0.2) is 13.2 Å². The van der Waals surface area contributed by atoms with Crippen LogP contribution in [0.1, 0.15) is 38.6 Å². The Morgan fingerprint density at radius 1 is 1.10 bits per heavy atom. The maximum atomic E-state index is 15.8. The van der Waals surface area contributed by atoms with E-state index in [0.717, 1.165) is 18.0 Å². The number of rotatable bonds is 3. The lowest BCUT2D eigenvalue weighted by molar-refractivity contribution is 0.338. The van der Waals surface area contributed by atoms with Crippen LogP contribution >= 0.6 is 11.5 Å². The highest BCUT2D eigenvalue weighted by Crippen LogP contribution is 2.43. The van der Waals surface area contributed by atoms with Gasteiger partial charge in [-0.3, -0.25) is 14.0 Å². The fourth-order valence-electron chi connectivity index (χ4n) is 4.66. The summed E-state index contributed by atoms with van der Waals surface area (Å²) in [7, 11) is 0. The number of aromatic amines is 1. The molecule has 0 spiro atoms. The number of nitrogens with one attached hydrogen (secondary N) is 1. The molecule has 3 aromatic rings. The molecule has 1 aliphatic heterocycles. The maximum Gasteiger partial charge on any atom is 0.271 e. The van der Waals surface area contributed by atoms with Gasteiger partial charge in [-0.1, -0.05) is 13.3 Å². The van der Waals surface area contributed by atoms with Crippen LogP contribution in [0.5, 0.6) is 0 Å².